The van der Waals surface area contributed by atoms with Crippen molar-refractivity contribution in [2.45, 2.75) is 11.8 Å². The number of nitro groups is 1. The van der Waals surface area contributed by atoms with Gasteiger partial charge in [0.25, 0.3) is 11.6 Å². The van der Waals surface area contributed by atoms with Crippen LogP contribution in [0.1, 0.15) is 16.2 Å². The van der Waals surface area contributed by atoms with E-state index in [4.69, 9.17) is 4.74 Å². The summed E-state index contributed by atoms with van der Waals surface area (Å²) in [6.07, 6.45) is 0. The largest absolute Gasteiger partial charge is 0.497 e. The second kappa shape index (κ2) is 9.19. The van der Waals surface area contributed by atoms with Gasteiger partial charge in [0, 0.05) is 38.3 Å². The Labute approximate surface area is 195 Å². The third kappa shape index (κ3) is 4.34. The van der Waals surface area contributed by atoms with Gasteiger partial charge in [-0.2, -0.15) is 4.31 Å². The van der Waals surface area contributed by atoms with Crippen LogP contribution in [0.5, 0.6) is 5.75 Å². The number of nitro benzene ring substituents is 1. The molecule has 34 heavy (non-hydrogen) atoms. The van der Waals surface area contributed by atoms with Crippen LogP contribution in [0.3, 0.4) is 0 Å². The molecule has 178 valence electrons. The number of non-ortho nitro benzene ring substituents is 1. The molecule has 0 spiro atoms. The number of hydrogen-bond acceptors (Lipinski definition) is 8. The lowest BCUT2D eigenvalue weighted by atomic mass is 10.2. The minimum atomic E-state index is -3.70. The average molecular weight is 487 g/mol. The summed E-state index contributed by atoms with van der Waals surface area (Å²) in [5.74, 6) is 0.179. The zero-order valence-corrected chi connectivity index (χ0v) is 19.3. The van der Waals surface area contributed by atoms with Crippen LogP contribution in [0.15, 0.2) is 53.4 Å². The maximum Gasteiger partial charge on any atom is 0.276 e. The zero-order chi connectivity index (χ0) is 24.5. The molecule has 2 aromatic carbocycles. The van der Waals surface area contributed by atoms with E-state index in [1.165, 1.54) is 51.3 Å². The number of piperazine rings is 1. The summed E-state index contributed by atoms with van der Waals surface area (Å²) in [5.41, 5.74) is 0.847. The van der Waals surface area contributed by atoms with Gasteiger partial charge < -0.3 is 9.64 Å². The van der Waals surface area contributed by atoms with Crippen LogP contribution in [0.2, 0.25) is 0 Å². The standard InChI is InChI=1S/C21H22N6O6S/c1-15-20(22-23-26(15)16-4-3-5-17(14-16)27(29)30)21(28)24-10-12-25(13-11-24)34(31,32)19-8-6-18(33-2)7-9-19/h3-9,14H,10-13H2,1-2H3. The van der Waals surface area contributed by atoms with E-state index in [2.05, 4.69) is 10.3 Å². The number of sulfonamides is 1. The third-order valence-electron chi connectivity index (χ3n) is 5.61. The van der Waals surface area contributed by atoms with Crippen molar-refractivity contribution in [1.29, 1.82) is 0 Å². The topological polar surface area (TPSA) is 141 Å². The number of ether oxygens (including phenoxy) is 1. The Hall–Kier alpha value is -3.84. The van der Waals surface area contributed by atoms with Gasteiger partial charge in [0.2, 0.25) is 10.0 Å². The van der Waals surface area contributed by atoms with Crippen molar-refractivity contribution in [3.63, 3.8) is 0 Å². The molecule has 1 aliphatic heterocycles. The van der Waals surface area contributed by atoms with E-state index < -0.39 is 14.9 Å². The fourth-order valence-electron chi connectivity index (χ4n) is 3.69. The van der Waals surface area contributed by atoms with Crippen molar-refractivity contribution < 1.29 is 22.9 Å². The Morgan fingerprint density at radius 1 is 1.09 bits per heavy atom. The first kappa shape index (κ1) is 23.3. The van der Waals surface area contributed by atoms with Crippen LogP contribution >= 0.6 is 0 Å². The highest BCUT2D eigenvalue weighted by Gasteiger charge is 2.32. The molecule has 3 aromatic rings. The van der Waals surface area contributed by atoms with Gasteiger partial charge in [-0.1, -0.05) is 11.3 Å². The molecule has 1 fully saturated rings. The first-order valence-corrected chi connectivity index (χ1v) is 11.8. The van der Waals surface area contributed by atoms with Crippen LogP contribution in [-0.4, -0.2) is 76.7 Å². The number of hydrogen-bond donors (Lipinski definition) is 0. The lowest BCUT2D eigenvalue weighted by Gasteiger charge is -2.33. The van der Waals surface area contributed by atoms with Gasteiger partial charge in [0.05, 0.1) is 28.3 Å². The van der Waals surface area contributed by atoms with E-state index in [0.717, 1.165) is 0 Å². The number of rotatable bonds is 6. The van der Waals surface area contributed by atoms with E-state index >= 15 is 0 Å². The van der Waals surface area contributed by atoms with E-state index in [1.807, 2.05) is 0 Å². The van der Waals surface area contributed by atoms with Crippen molar-refractivity contribution in [2.75, 3.05) is 33.3 Å². The maximum atomic E-state index is 13.1. The fraction of sp³-hybridized carbons (Fsp3) is 0.286. The molecule has 0 radical (unpaired) electrons. The predicted octanol–water partition coefficient (Wildman–Crippen LogP) is 1.64. The molecular formula is C21H22N6O6S. The number of amides is 1. The second-order valence-corrected chi connectivity index (χ2v) is 9.52. The Morgan fingerprint density at radius 2 is 1.76 bits per heavy atom. The van der Waals surface area contributed by atoms with Crippen molar-refractivity contribution in [2.24, 2.45) is 0 Å². The zero-order valence-electron chi connectivity index (χ0n) is 18.5. The number of methoxy groups -OCH3 is 1. The summed E-state index contributed by atoms with van der Waals surface area (Å²) >= 11 is 0. The number of carbonyl (C=O) groups excluding carboxylic acids is 1. The molecule has 0 N–H and O–H groups in total. The summed E-state index contributed by atoms with van der Waals surface area (Å²) in [6, 6.07) is 12.0. The SMILES string of the molecule is COc1ccc(S(=O)(=O)N2CCN(C(=O)c3nnn(-c4cccc([N+](=O)[O-])c4)c3C)CC2)cc1. The molecule has 13 heteroatoms. The van der Waals surface area contributed by atoms with Gasteiger partial charge >= 0.3 is 0 Å². The average Bonchev–Trinajstić information content (AvgIpc) is 3.24. The Bertz CT molecular complexity index is 1330. The van der Waals surface area contributed by atoms with Crippen molar-refractivity contribution in [3.8, 4) is 11.4 Å². The molecule has 0 saturated carbocycles. The molecule has 0 atom stereocenters. The molecule has 1 saturated heterocycles. The molecule has 0 aliphatic carbocycles. The van der Waals surface area contributed by atoms with Gasteiger partial charge in [-0.05, 0) is 37.3 Å². The van der Waals surface area contributed by atoms with Crippen molar-refractivity contribution >= 4 is 21.6 Å². The molecule has 2 heterocycles. The van der Waals surface area contributed by atoms with Crippen molar-refractivity contribution in [3.05, 3.63) is 70.0 Å². The van der Waals surface area contributed by atoms with Gasteiger partial charge in [-0.25, -0.2) is 13.1 Å². The second-order valence-electron chi connectivity index (χ2n) is 7.58. The van der Waals surface area contributed by atoms with E-state index in [-0.39, 0.29) is 48.4 Å². The van der Waals surface area contributed by atoms with Crippen molar-refractivity contribution in [1.82, 2.24) is 24.2 Å². The third-order valence-corrected chi connectivity index (χ3v) is 7.52. The summed E-state index contributed by atoms with van der Waals surface area (Å²) < 4.78 is 33.6. The number of carbonyl (C=O) groups is 1. The lowest BCUT2D eigenvalue weighted by Crippen LogP contribution is -2.50. The van der Waals surface area contributed by atoms with Gasteiger partial charge in [0.1, 0.15) is 5.75 Å². The van der Waals surface area contributed by atoms with Crippen LogP contribution < -0.4 is 4.74 Å². The summed E-state index contributed by atoms with van der Waals surface area (Å²) in [6.45, 7) is 2.31. The van der Waals surface area contributed by atoms with E-state index in [0.29, 0.717) is 17.1 Å². The molecule has 1 aromatic heterocycles. The first-order valence-electron chi connectivity index (χ1n) is 10.3. The molecule has 4 rings (SSSR count). The number of benzene rings is 2. The van der Waals surface area contributed by atoms with Crippen LogP contribution in [-0.2, 0) is 10.0 Å². The monoisotopic (exact) mass is 486 g/mol. The lowest BCUT2D eigenvalue weighted by molar-refractivity contribution is -0.384. The fourth-order valence-corrected chi connectivity index (χ4v) is 5.11. The highest BCUT2D eigenvalue weighted by Crippen LogP contribution is 2.22. The molecule has 1 aliphatic rings. The number of nitrogens with zero attached hydrogens (tertiary/aromatic N) is 6. The summed E-state index contributed by atoms with van der Waals surface area (Å²) in [7, 11) is -2.20. The molecule has 1 amide bonds. The molecular weight excluding hydrogens is 464 g/mol. The summed E-state index contributed by atoms with van der Waals surface area (Å²) in [4.78, 5) is 25.3. The Kier molecular flexibility index (Phi) is 6.30. The van der Waals surface area contributed by atoms with Crippen LogP contribution in [0.4, 0.5) is 5.69 Å². The normalized spacial score (nSPS) is 14.7. The van der Waals surface area contributed by atoms with Crippen LogP contribution in [0, 0.1) is 17.0 Å². The Morgan fingerprint density at radius 3 is 2.38 bits per heavy atom. The van der Waals surface area contributed by atoms with Gasteiger partial charge in [0.15, 0.2) is 5.69 Å². The molecule has 0 bridgehead atoms. The Balaban J connectivity index is 1.47. The highest BCUT2D eigenvalue weighted by molar-refractivity contribution is 7.89. The summed E-state index contributed by atoms with van der Waals surface area (Å²) in [5, 5.41) is 19.0. The minimum Gasteiger partial charge on any atom is -0.497 e. The van der Waals surface area contributed by atoms with E-state index in [1.54, 1.807) is 25.1 Å². The molecule has 12 nitrogen and oxygen atoms in total. The quantitative estimate of drug-likeness (QED) is 0.378. The molecule has 0 unspecified atom stereocenters. The first-order chi connectivity index (χ1) is 16.2. The minimum absolute atomic E-state index is 0.102. The van der Waals surface area contributed by atoms with E-state index in [9.17, 15) is 23.3 Å². The van der Waals surface area contributed by atoms with Gasteiger partial charge in [-0.3, -0.25) is 14.9 Å². The maximum absolute atomic E-state index is 13.1. The smallest absolute Gasteiger partial charge is 0.276 e. The van der Waals surface area contributed by atoms with Gasteiger partial charge in [-0.15, -0.1) is 5.10 Å². The highest BCUT2D eigenvalue weighted by atomic mass is 32.2. The predicted molar refractivity (Wildman–Crippen MR) is 120 cm³/mol. The number of aromatic nitrogens is 3. The van der Waals surface area contributed by atoms with Crippen LogP contribution in [0.25, 0.3) is 5.69 Å².